The average molecular weight is 386 g/mol. The number of benzene rings is 2. The van der Waals surface area contributed by atoms with Crippen LogP contribution in [-0.4, -0.2) is 22.7 Å². The third-order valence-corrected chi connectivity index (χ3v) is 4.80. The highest BCUT2D eigenvalue weighted by atomic mass is 35.5. The zero-order valence-electron chi connectivity index (χ0n) is 14.0. The van der Waals surface area contributed by atoms with Crippen LogP contribution < -0.4 is 0 Å². The van der Waals surface area contributed by atoms with Gasteiger partial charge in [-0.25, -0.2) is 9.79 Å². The van der Waals surface area contributed by atoms with Gasteiger partial charge in [-0.3, -0.25) is 0 Å². The van der Waals surface area contributed by atoms with Crippen LogP contribution in [0, 0.1) is 0 Å². The molecule has 0 unspecified atom stereocenters. The summed E-state index contributed by atoms with van der Waals surface area (Å²) in [6.45, 7) is 1.93. The predicted molar refractivity (Wildman–Crippen MR) is 107 cm³/mol. The van der Waals surface area contributed by atoms with Crippen LogP contribution in [0.2, 0.25) is 5.02 Å². The van der Waals surface area contributed by atoms with Gasteiger partial charge in [0.15, 0.2) is 0 Å². The molecule has 2 aromatic rings. The van der Waals surface area contributed by atoms with Crippen LogP contribution in [0.25, 0.3) is 6.08 Å². The standard InChI is InChI=1S/C20H16ClNO3S/c1-2-25-20(24)17-18(23)16(12-13-6-4-3-5-7-13)26-19(17)22-15-10-8-14(21)9-11-15/h3-12,23H,2H2,1H3/b16-12+,22-19?. The molecule has 3 rings (SSSR count). The molecule has 0 bridgehead atoms. The molecule has 0 amide bonds. The Morgan fingerprint density at radius 3 is 2.54 bits per heavy atom. The normalized spacial score (nSPS) is 17.2. The van der Waals surface area contributed by atoms with E-state index in [1.165, 1.54) is 11.8 Å². The van der Waals surface area contributed by atoms with Gasteiger partial charge >= 0.3 is 5.97 Å². The first-order valence-corrected chi connectivity index (χ1v) is 9.18. The molecule has 1 aliphatic rings. The lowest BCUT2D eigenvalue weighted by Gasteiger charge is -2.03. The monoisotopic (exact) mass is 385 g/mol. The van der Waals surface area contributed by atoms with Crippen LogP contribution in [-0.2, 0) is 9.53 Å². The van der Waals surface area contributed by atoms with Crippen molar-refractivity contribution >= 4 is 46.1 Å². The Morgan fingerprint density at radius 1 is 1.19 bits per heavy atom. The molecule has 1 N–H and O–H groups in total. The molecule has 0 fully saturated rings. The fourth-order valence-corrected chi connectivity index (χ4v) is 3.49. The van der Waals surface area contributed by atoms with E-state index in [1.54, 1.807) is 31.2 Å². The van der Waals surface area contributed by atoms with Crippen molar-refractivity contribution in [3.05, 3.63) is 81.4 Å². The number of thioether (sulfide) groups is 1. The third kappa shape index (κ3) is 4.18. The highest BCUT2D eigenvalue weighted by Crippen LogP contribution is 2.40. The number of hydrogen-bond acceptors (Lipinski definition) is 5. The van der Waals surface area contributed by atoms with E-state index in [0.29, 0.717) is 20.7 Å². The second-order valence-electron chi connectivity index (χ2n) is 5.36. The number of rotatable bonds is 4. The number of carbonyl (C=O) groups is 1. The first-order chi connectivity index (χ1) is 12.6. The van der Waals surface area contributed by atoms with E-state index in [-0.39, 0.29) is 17.9 Å². The molecule has 0 radical (unpaired) electrons. The van der Waals surface area contributed by atoms with Gasteiger partial charge in [-0.05, 0) is 42.8 Å². The fourth-order valence-electron chi connectivity index (χ4n) is 2.33. The minimum atomic E-state index is -0.596. The summed E-state index contributed by atoms with van der Waals surface area (Å²) in [6, 6.07) is 16.5. The van der Waals surface area contributed by atoms with Crippen molar-refractivity contribution in [3.8, 4) is 0 Å². The third-order valence-electron chi connectivity index (χ3n) is 3.52. The lowest BCUT2D eigenvalue weighted by atomic mass is 10.1. The largest absolute Gasteiger partial charge is 0.506 e. The van der Waals surface area contributed by atoms with Crippen molar-refractivity contribution in [1.82, 2.24) is 0 Å². The molecule has 26 heavy (non-hydrogen) atoms. The summed E-state index contributed by atoms with van der Waals surface area (Å²) in [6.07, 6.45) is 1.81. The van der Waals surface area contributed by atoms with E-state index in [1.807, 2.05) is 36.4 Å². The fraction of sp³-hybridized carbons (Fsp3) is 0.100. The molecule has 0 saturated heterocycles. The molecule has 0 aromatic heterocycles. The quantitative estimate of drug-likeness (QED) is 0.702. The Hall–Kier alpha value is -2.50. The van der Waals surface area contributed by atoms with E-state index in [4.69, 9.17) is 16.3 Å². The minimum Gasteiger partial charge on any atom is -0.506 e. The SMILES string of the molecule is CCOC(=O)C1=C(O)/C(=C\c2ccccc2)SC1=Nc1ccc(Cl)cc1. The average Bonchev–Trinajstić information content (AvgIpc) is 2.93. The molecule has 1 aliphatic heterocycles. The second-order valence-corrected chi connectivity index (χ2v) is 6.83. The van der Waals surface area contributed by atoms with Gasteiger partial charge in [0.1, 0.15) is 16.4 Å². The molecule has 0 aliphatic carbocycles. The molecule has 0 spiro atoms. The summed E-state index contributed by atoms with van der Waals surface area (Å²) in [5, 5.41) is 11.6. The van der Waals surface area contributed by atoms with Crippen molar-refractivity contribution < 1.29 is 14.6 Å². The maximum Gasteiger partial charge on any atom is 0.344 e. The van der Waals surface area contributed by atoms with Gasteiger partial charge < -0.3 is 9.84 Å². The smallest absolute Gasteiger partial charge is 0.344 e. The molecule has 0 atom stereocenters. The maximum atomic E-state index is 12.3. The lowest BCUT2D eigenvalue weighted by molar-refractivity contribution is -0.138. The number of nitrogens with zero attached hydrogens (tertiary/aromatic N) is 1. The number of halogens is 1. The summed E-state index contributed by atoms with van der Waals surface area (Å²) in [5.74, 6) is -0.716. The number of aliphatic imine (C=N–C) groups is 1. The van der Waals surface area contributed by atoms with Crippen molar-refractivity contribution in [1.29, 1.82) is 0 Å². The number of ether oxygens (including phenoxy) is 1. The Kier molecular flexibility index (Phi) is 5.81. The Labute approximate surface area is 160 Å². The Morgan fingerprint density at radius 2 is 1.88 bits per heavy atom. The molecule has 0 saturated carbocycles. The maximum absolute atomic E-state index is 12.3. The topological polar surface area (TPSA) is 58.9 Å². The van der Waals surface area contributed by atoms with Crippen molar-refractivity contribution in [2.24, 2.45) is 4.99 Å². The van der Waals surface area contributed by atoms with E-state index in [2.05, 4.69) is 4.99 Å². The Balaban J connectivity index is 2.02. The molecule has 132 valence electrons. The van der Waals surface area contributed by atoms with E-state index < -0.39 is 5.97 Å². The number of aliphatic hydroxyl groups excluding tert-OH is 1. The zero-order valence-corrected chi connectivity index (χ0v) is 15.6. The highest BCUT2D eigenvalue weighted by Gasteiger charge is 2.33. The van der Waals surface area contributed by atoms with Gasteiger partial charge in [-0.15, -0.1) is 0 Å². The summed E-state index contributed by atoms with van der Waals surface area (Å²) in [4.78, 5) is 17.4. The number of esters is 1. The van der Waals surface area contributed by atoms with Gasteiger partial charge in [-0.1, -0.05) is 53.7 Å². The van der Waals surface area contributed by atoms with Crippen LogP contribution in [0.4, 0.5) is 5.69 Å². The van der Waals surface area contributed by atoms with Crippen molar-refractivity contribution in [2.75, 3.05) is 6.61 Å². The van der Waals surface area contributed by atoms with Crippen LogP contribution in [0.15, 0.2) is 75.8 Å². The predicted octanol–water partition coefficient (Wildman–Crippen LogP) is 5.53. The van der Waals surface area contributed by atoms with Crippen molar-refractivity contribution in [3.63, 3.8) is 0 Å². The number of aliphatic hydroxyl groups is 1. The molecule has 6 heteroatoms. The van der Waals surface area contributed by atoms with E-state index >= 15 is 0 Å². The number of hydrogen-bond donors (Lipinski definition) is 1. The van der Waals surface area contributed by atoms with E-state index in [9.17, 15) is 9.90 Å². The van der Waals surface area contributed by atoms with Crippen LogP contribution in [0.1, 0.15) is 12.5 Å². The molecule has 2 aromatic carbocycles. The van der Waals surface area contributed by atoms with Crippen LogP contribution >= 0.6 is 23.4 Å². The van der Waals surface area contributed by atoms with Crippen LogP contribution in [0.5, 0.6) is 0 Å². The zero-order chi connectivity index (χ0) is 18.5. The number of carbonyl (C=O) groups excluding carboxylic acids is 1. The summed E-state index contributed by atoms with van der Waals surface area (Å²) >= 11 is 7.13. The van der Waals surface area contributed by atoms with E-state index in [0.717, 1.165) is 5.56 Å². The molecular formula is C20H16ClNO3S. The molecule has 1 heterocycles. The minimum absolute atomic E-state index is 0.0778. The second kappa shape index (κ2) is 8.25. The molecular weight excluding hydrogens is 370 g/mol. The summed E-state index contributed by atoms with van der Waals surface area (Å²) in [7, 11) is 0. The lowest BCUT2D eigenvalue weighted by Crippen LogP contribution is -2.12. The van der Waals surface area contributed by atoms with Gasteiger partial charge in [-0.2, -0.15) is 0 Å². The van der Waals surface area contributed by atoms with Gasteiger partial charge in [0.2, 0.25) is 0 Å². The highest BCUT2D eigenvalue weighted by molar-refractivity contribution is 8.18. The first-order valence-electron chi connectivity index (χ1n) is 7.98. The van der Waals surface area contributed by atoms with Crippen LogP contribution in [0.3, 0.4) is 0 Å². The Bertz CT molecular complexity index is 902. The van der Waals surface area contributed by atoms with Gasteiger partial charge in [0.05, 0.1) is 17.2 Å². The molecule has 4 nitrogen and oxygen atoms in total. The van der Waals surface area contributed by atoms with Crippen molar-refractivity contribution in [2.45, 2.75) is 6.92 Å². The first kappa shape index (κ1) is 18.3. The van der Waals surface area contributed by atoms with Gasteiger partial charge in [0, 0.05) is 5.02 Å². The van der Waals surface area contributed by atoms with Gasteiger partial charge in [0.25, 0.3) is 0 Å². The summed E-state index contributed by atoms with van der Waals surface area (Å²) in [5.41, 5.74) is 1.62. The summed E-state index contributed by atoms with van der Waals surface area (Å²) < 4.78 is 5.08.